The summed E-state index contributed by atoms with van der Waals surface area (Å²) in [5.74, 6) is 0.403. The highest BCUT2D eigenvalue weighted by atomic mass is 32.2. The molecule has 2 aromatic rings. The summed E-state index contributed by atoms with van der Waals surface area (Å²) >= 11 is 1.65. The summed E-state index contributed by atoms with van der Waals surface area (Å²) in [6.07, 6.45) is 3.58. The molecule has 1 aromatic heterocycles. The van der Waals surface area contributed by atoms with Crippen molar-refractivity contribution in [3.8, 4) is 5.75 Å². The number of piperidine rings is 1. The minimum Gasteiger partial charge on any atom is -0.492 e. The van der Waals surface area contributed by atoms with E-state index in [1.54, 1.807) is 23.5 Å². The first-order chi connectivity index (χ1) is 13.0. The van der Waals surface area contributed by atoms with Crippen LogP contribution in [0.3, 0.4) is 0 Å². The van der Waals surface area contributed by atoms with E-state index >= 15 is 0 Å². The maximum atomic E-state index is 13.0. The van der Waals surface area contributed by atoms with Gasteiger partial charge in [0, 0.05) is 12.6 Å². The molecule has 0 amide bonds. The minimum atomic E-state index is -3.66. The molecule has 1 fully saturated rings. The average molecular weight is 409 g/mol. The van der Waals surface area contributed by atoms with E-state index in [-0.39, 0.29) is 10.9 Å². The molecule has 0 spiro atoms. The Balaban J connectivity index is 1.81. The second kappa shape index (κ2) is 9.19. The first-order valence-electron chi connectivity index (χ1n) is 9.50. The lowest BCUT2D eigenvalue weighted by molar-refractivity contribution is 0.165. The van der Waals surface area contributed by atoms with Gasteiger partial charge in [-0.1, -0.05) is 12.5 Å². The van der Waals surface area contributed by atoms with Crippen molar-refractivity contribution in [3.63, 3.8) is 0 Å². The third kappa shape index (κ3) is 5.10. The van der Waals surface area contributed by atoms with Crippen molar-refractivity contribution in [1.29, 1.82) is 0 Å². The molecule has 27 heavy (non-hydrogen) atoms. The molecule has 148 valence electrons. The summed E-state index contributed by atoms with van der Waals surface area (Å²) in [5.41, 5.74) is 2.07. The number of benzene rings is 1. The number of rotatable bonds is 8. The van der Waals surface area contributed by atoms with E-state index in [4.69, 9.17) is 4.74 Å². The number of ether oxygens (including phenoxy) is 1. The molecule has 1 aliphatic rings. The van der Waals surface area contributed by atoms with Gasteiger partial charge in [-0.15, -0.1) is 0 Å². The normalized spacial score (nSPS) is 17.0. The Kier molecular flexibility index (Phi) is 6.92. The van der Waals surface area contributed by atoms with Gasteiger partial charge in [0.25, 0.3) is 0 Å². The van der Waals surface area contributed by atoms with Crippen molar-refractivity contribution in [3.05, 3.63) is 46.2 Å². The highest BCUT2D eigenvalue weighted by Crippen LogP contribution is 2.28. The molecule has 5 nitrogen and oxygen atoms in total. The highest BCUT2D eigenvalue weighted by molar-refractivity contribution is 7.89. The van der Waals surface area contributed by atoms with Crippen LogP contribution in [0.1, 0.15) is 43.4 Å². The van der Waals surface area contributed by atoms with E-state index in [1.807, 2.05) is 19.9 Å². The van der Waals surface area contributed by atoms with Crippen LogP contribution in [-0.2, 0) is 10.0 Å². The van der Waals surface area contributed by atoms with Gasteiger partial charge in [0.1, 0.15) is 10.6 Å². The van der Waals surface area contributed by atoms with Gasteiger partial charge in [-0.25, -0.2) is 13.1 Å². The van der Waals surface area contributed by atoms with Crippen LogP contribution in [0.15, 0.2) is 39.9 Å². The lowest BCUT2D eigenvalue weighted by Gasteiger charge is -2.34. The van der Waals surface area contributed by atoms with Crippen LogP contribution in [0.2, 0.25) is 0 Å². The molecule has 1 saturated heterocycles. The van der Waals surface area contributed by atoms with Gasteiger partial charge in [0.2, 0.25) is 10.0 Å². The van der Waals surface area contributed by atoms with Crippen molar-refractivity contribution in [2.24, 2.45) is 0 Å². The number of nitrogens with one attached hydrogen (secondary N) is 1. The van der Waals surface area contributed by atoms with Crippen molar-refractivity contribution in [1.82, 2.24) is 9.62 Å². The molecule has 1 N–H and O–H groups in total. The first-order valence-corrected chi connectivity index (χ1v) is 11.9. The van der Waals surface area contributed by atoms with Gasteiger partial charge < -0.3 is 4.74 Å². The maximum Gasteiger partial charge on any atom is 0.244 e. The number of sulfonamides is 1. The topological polar surface area (TPSA) is 58.6 Å². The Morgan fingerprint density at radius 1 is 1.22 bits per heavy atom. The summed E-state index contributed by atoms with van der Waals surface area (Å²) in [6, 6.07) is 7.43. The molecular formula is C20H28N2O3S2. The van der Waals surface area contributed by atoms with Crippen LogP contribution >= 0.6 is 11.3 Å². The van der Waals surface area contributed by atoms with E-state index in [0.29, 0.717) is 18.9 Å². The summed E-state index contributed by atoms with van der Waals surface area (Å²) in [6.45, 7) is 6.55. The lowest BCUT2D eigenvalue weighted by atomic mass is 10.0. The first kappa shape index (κ1) is 20.3. The van der Waals surface area contributed by atoms with Crippen molar-refractivity contribution in [2.45, 2.75) is 44.0 Å². The van der Waals surface area contributed by atoms with E-state index in [0.717, 1.165) is 18.7 Å². The van der Waals surface area contributed by atoms with Gasteiger partial charge in [-0.2, -0.15) is 11.3 Å². The van der Waals surface area contributed by atoms with Gasteiger partial charge >= 0.3 is 0 Å². The van der Waals surface area contributed by atoms with Crippen LogP contribution in [0.5, 0.6) is 5.75 Å². The predicted octanol–water partition coefficient (Wildman–Crippen LogP) is 3.96. The SMILES string of the molecule is CCOc1ccc(C)cc1S(=O)(=O)NCC(c1ccsc1)N1CCCCC1. The van der Waals surface area contributed by atoms with Crippen molar-refractivity contribution in [2.75, 3.05) is 26.2 Å². The molecule has 2 heterocycles. The van der Waals surface area contributed by atoms with Crippen LogP contribution in [0.25, 0.3) is 0 Å². The molecule has 1 atom stereocenters. The third-order valence-electron chi connectivity index (χ3n) is 4.91. The number of nitrogens with zero attached hydrogens (tertiary/aromatic N) is 1. The zero-order chi connectivity index (χ0) is 19.3. The van der Waals surface area contributed by atoms with Gasteiger partial charge in [-0.3, -0.25) is 4.90 Å². The number of hydrogen-bond donors (Lipinski definition) is 1. The Hall–Kier alpha value is -1.41. The third-order valence-corrected chi connectivity index (χ3v) is 7.06. The molecule has 0 saturated carbocycles. The number of hydrogen-bond acceptors (Lipinski definition) is 5. The minimum absolute atomic E-state index is 0.0617. The Morgan fingerprint density at radius 2 is 2.00 bits per heavy atom. The monoisotopic (exact) mass is 408 g/mol. The van der Waals surface area contributed by atoms with Crippen LogP contribution in [-0.4, -0.2) is 39.6 Å². The standard InChI is InChI=1S/C20H28N2O3S2/c1-3-25-19-8-7-16(2)13-20(19)27(23,24)21-14-18(17-9-12-26-15-17)22-10-5-4-6-11-22/h7-9,12-13,15,18,21H,3-6,10-11,14H2,1-2H3. The summed E-state index contributed by atoms with van der Waals surface area (Å²) in [4.78, 5) is 2.61. The van der Waals surface area contributed by atoms with Gasteiger partial charge in [-0.05, 0) is 79.9 Å². The summed E-state index contributed by atoms with van der Waals surface area (Å²) in [5, 5.41) is 4.17. The highest BCUT2D eigenvalue weighted by Gasteiger charge is 2.26. The maximum absolute atomic E-state index is 13.0. The lowest BCUT2D eigenvalue weighted by Crippen LogP contribution is -2.40. The fourth-order valence-electron chi connectivity index (χ4n) is 3.52. The van der Waals surface area contributed by atoms with Crippen LogP contribution in [0, 0.1) is 6.92 Å². The van der Waals surface area contributed by atoms with E-state index < -0.39 is 10.0 Å². The number of likely N-dealkylation sites (tertiary alicyclic amines) is 1. The zero-order valence-corrected chi connectivity index (χ0v) is 17.6. The molecule has 1 aromatic carbocycles. The largest absolute Gasteiger partial charge is 0.492 e. The molecule has 7 heteroatoms. The van der Waals surface area contributed by atoms with Gasteiger partial charge in [0.15, 0.2) is 0 Å². The number of aryl methyl sites for hydroxylation is 1. The fraction of sp³-hybridized carbons (Fsp3) is 0.500. The second-order valence-corrected chi connectivity index (χ2v) is 9.42. The van der Waals surface area contributed by atoms with Crippen LogP contribution in [0.4, 0.5) is 0 Å². The summed E-state index contributed by atoms with van der Waals surface area (Å²) < 4.78 is 34.4. The van der Waals surface area contributed by atoms with E-state index in [9.17, 15) is 8.42 Å². The molecule has 1 aliphatic heterocycles. The molecule has 1 unspecified atom stereocenters. The zero-order valence-electron chi connectivity index (χ0n) is 16.0. The van der Waals surface area contributed by atoms with E-state index in [2.05, 4.69) is 26.4 Å². The van der Waals surface area contributed by atoms with Gasteiger partial charge in [0.05, 0.1) is 6.61 Å². The molecular weight excluding hydrogens is 380 g/mol. The Labute approximate surface area is 166 Å². The van der Waals surface area contributed by atoms with Crippen LogP contribution < -0.4 is 9.46 Å². The molecule has 0 radical (unpaired) electrons. The second-order valence-electron chi connectivity index (χ2n) is 6.90. The van der Waals surface area contributed by atoms with Crippen molar-refractivity contribution < 1.29 is 13.2 Å². The smallest absolute Gasteiger partial charge is 0.244 e. The van der Waals surface area contributed by atoms with Crippen molar-refractivity contribution >= 4 is 21.4 Å². The average Bonchev–Trinajstić information content (AvgIpc) is 3.19. The Morgan fingerprint density at radius 3 is 2.67 bits per heavy atom. The fourth-order valence-corrected chi connectivity index (χ4v) is 5.49. The molecule has 3 rings (SSSR count). The van der Waals surface area contributed by atoms with E-state index in [1.165, 1.54) is 24.8 Å². The number of thiophene rings is 1. The molecule has 0 bridgehead atoms. The quantitative estimate of drug-likeness (QED) is 0.718. The molecule has 0 aliphatic carbocycles. The predicted molar refractivity (Wildman–Crippen MR) is 110 cm³/mol. The Bertz CT molecular complexity index is 829. The summed E-state index contributed by atoms with van der Waals surface area (Å²) in [7, 11) is -3.66.